The number of methoxy groups -OCH3 is 1. The molecule has 1 heterocycles. The standard InChI is InChI=1S/C23H22FN3O3S/c1-16(28)27(21-10-5-4-9-20(21)24)23-25-18(15-31-23)11-12-22(29)26(2)14-17-7-6-8-19(13-17)30-3/h4-13,15H,14H2,1-3H3/b12-11+. The van der Waals surface area contributed by atoms with Crippen LogP contribution in [0.25, 0.3) is 6.08 Å². The number of hydrogen-bond donors (Lipinski definition) is 0. The zero-order valence-corrected chi connectivity index (χ0v) is 18.2. The van der Waals surface area contributed by atoms with Crippen molar-refractivity contribution in [1.82, 2.24) is 9.88 Å². The summed E-state index contributed by atoms with van der Waals surface area (Å²) in [7, 11) is 3.30. The molecule has 0 aliphatic carbocycles. The van der Waals surface area contributed by atoms with Crippen LogP contribution in [-0.2, 0) is 16.1 Å². The molecule has 6 nitrogen and oxygen atoms in total. The van der Waals surface area contributed by atoms with E-state index in [1.807, 2.05) is 24.3 Å². The van der Waals surface area contributed by atoms with Crippen molar-refractivity contribution in [2.24, 2.45) is 0 Å². The molecular weight excluding hydrogens is 417 g/mol. The van der Waals surface area contributed by atoms with Gasteiger partial charge in [-0.3, -0.25) is 14.5 Å². The van der Waals surface area contributed by atoms with E-state index < -0.39 is 5.82 Å². The molecule has 1 aromatic heterocycles. The minimum Gasteiger partial charge on any atom is -0.497 e. The van der Waals surface area contributed by atoms with E-state index in [1.165, 1.54) is 41.4 Å². The van der Waals surface area contributed by atoms with E-state index in [-0.39, 0.29) is 17.5 Å². The van der Waals surface area contributed by atoms with E-state index in [4.69, 9.17) is 4.74 Å². The van der Waals surface area contributed by atoms with Gasteiger partial charge in [0.05, 0.1) is 18.5 Å². The quantitative estimate of drug-likeness (QED) is 0.503. The van der Waals surface area contributed by atoms with Crippen LogP contribution in [0.2, 0.25) is 0 Å². The van der Waals surface area contributed by atoms with Gasteiger partial charge in [-0.05, 0) is 35.9 Å². The van der Waals surface area contributed by atoms with Gasteiger partial charge in [0.1, 0.15) is 11.6 Å². The van der Waals surface area contributed by atoms with Gasteiger partial charge in [-0.25, -0.2) is 9.37 Å². The second-order valence-corrected chi connectivity index (χ2v) is 7.58. The van der Waals surface area contributed by atoms with Crippen LogP contribution in [0.15, 0.2) is 60.0 Å². The Balaban J connectivity index is 1.71. The third-order valence-corrected chi connectivity index (χ3v) is 5.28. The maximum absolute atomic E-state index is 14.2. The van der Waals surface area contributed by atoms with E-state index >= 15 is 0 Å². The molecule has 160 valence electrons. The Kier molecular flexibility index (Phi) is 7.15. The number of carbonyl (C=O) groups is 2. The summed E-state index contributed by atoms with van der Waals surface area (Å²) in [6.45, 7) is 1.77. The molecule has 31 heavy (non-hydrogen) atoms. The highest BCUT2D eigenvalue weighted by Crippen LogP contribution is 2.31. The number of hydrogen-bond acceptors (Lipinski definition) is 5. The molecule has 8 heteroatoms. The second kappa shape index (κ2) is 9.99. The lowest BCUT2D eigenvalue weighted by atomic mass is 10.2. The van der Waals surface area contributed by atoms with E-state index in [2.05, 4.69) is 4.98 Å². The van der Waals surface area contributed by atoms with Crippen LogP contribution in [-0.4, -0.2) is 35.9 Å². The molecule has 3 rings (SSSR count). The highest BCUT2D eigenvalue weighted by Gasteiger charge is 2.20. The summed E-state index contributed by atoms with van der Waals surface area (Å²) in [5, 5.41) is 2.03. The Morgan fingerprint density at radius 2 is 1.97 bits per heavy atom. The number of anilines is 2. The molecule has 0 bridgehead atoms. The summed E-state index contributed by atoms with van der Waals surface area (Å²) in [4.78, 5) is 31.7. The Labute approximate surface area is 184 Å². The summed E-state index contributed by atoms with van der Waals surface area (Å²) in [5.74, 6) is -0.341. The van der Waals surface area contributed by atoms with Gasteiger partial charge >= 0.3 is 0 Å². The Bertz CT molecular complexity index is 1110. The molecule has 0 unspecified atom stereocenters. The van der Waals surface area contributed by atoms with Crippen molar-refractivity contribution < 1.29 is 18.7 Å². The smallest absolute Gasteiger partial charge is 0.246 e. The summed E-state index contributed by atoms with van der Waals surface area (Å²) < 4.78 is 19.4. The minimum absolute atomic E-state index is 0.133. The number of rotatable bonds is 7. The number of ether oxygens (including phenoxy) is 1. The van der Waals surface area contributed by atoms with Crippen molar-refractivity contribution in [3.8, 4) is 5.75 Å². The first-order chi connectivity index (χ1) is 14.9. The van der Waals surface area contributed by atoms with Crippen LogP contribution in [0.3, 0.4) is 0 Å². The number of para-hydroxylation sites is 1. The second-order valence-electron chi connectivity index (χ2n) is 6.74. The number of nitrogens with zero attached hydrogens (tertiary/aromatic N) is 3. The molecule has 2 aromatic carbocycles. The number of amides is 2. The van der Waals surface area contributed by atoms with Gasteiger partial charge in [-0.2, -0.15) is 0 Å². The normalized spacial score (nSPS) is 10.8. The molecule has 0 atom stereocenters. The Hall–Kier alpha value is -3.52. The van der Waals surface area contributed by atoms with Crippen LogP contribution in [0.1, 0.15) is 18.2 Å². The van der Waals surface area contributed by atoms with Crippen molar-refractivity contribution in [2.45, 2.75) is 13.5 Å². The SMILES string of the molecule is COc1cccc(CN(C)C(=O)/C=C/c2csc(N(C(C)=O)c3ccccc3F)n2)c1. The monoisotopic (exact) mass is 439 g/mol. The van der Waals surface area contributed by atoms with Gasteiger partial charge in [0, 0.05) is 32.0 Å². The predicted molar refractivity (Wildman–Crippen MR) is 120 cm³/mol. The fraction of sp³-hybridized carbons (Fsp3) is 0.174. The van der Waals surface area contributed by atoms with Crippen molar-refractivity contribution in [2.75, 3.05) is 19.1 Å². The number of thiazole rings is 1. The largest absolute Gasteiger partial charge is 0.497 e. The van der Waals surface area contributed by atoms with Crippen LogP contribution < -0.4 is 9.64 Å². The molecule has 3 aromatic rings. The zero-order chi connectivity index (χ0) is 22.4. The number of likely N-dealkylation sites (N-methyl/N-ethyl adjacent to an activating group) is 1. The lowest BCUT2D eigenvalue weighted by Gasteiger charge is -2.18. The van der Waals surface area contributed by atoms with E-state index in [0.29, 0.717) is 17.4 Å². The number of benzene rings is 2. The third-order valence-electron chi connectivity index (χ3n) is 4.44. The Morgan fingerprint density at radius 3 is 2.68 bits per heavy atom. The zero-order valence-electron chi connectivity index (χ0n) is 17.4. The van der Waals surface area contributed by atoms with Crippen LogP contribution >= 0.6 is 11.3 Å². The molecule has 0 spiro atoms. The number of carbonyl (C=O) groups excluding carboxylic acids is 2. The first-order valence-corrected chi connectivity index (χ1v) is 10.3. The van der Waals surface area contributed by atoms with Crippen molar-refractivity contribution in [3.05, 3.63) is 77.1 Å². The fourth-order valence-electron chi connectivity index (χ4n) is 2.90. The number of halogens is 1. The summed E-state index contributed by atoms with van der Waals surface area (Å²) in [6.07, 6.45) is 2.99. The summed E-state index contributed by atoms with van der Waals surface area (Å²) >= 11 is 1.19. The molecule has 2 amide bonds. The Morgan fingerprint density at radius 1 is 1.19 bits per heavy atom. The van der Waals surface area contributed by atoms with Gasteiger partial charge in [0.15, 0.2) is 5.13 Å². The lowest BCUT2D eigenvalue weighted by molar-refractivity contribution is -0.125. The van der Waals surface area contributed by atoms with Crippen molar-refractivity contribution in [1.29, 1.82) is 0 Å². The molecule has 0 aliphatic rings. The molecule has 0 aliphatic heterocycles. The van der Waals surface area contributed by atoms with Crippen LogP contribution in [0, 0.1) is 5.82 Å². The molecule has 0 saturated carbocycles. The van der Waals surface area contributed by atoms with E-state index in [1.54, 1.807) is 42.6 Å². The average Bonchev–Trinajstić information content (AvgIpc) is 3.21. The first-order valence-electron chi connectivity index (χ1n) is 9.46. The maximum atomic E-state index is 14.2. The molecule has 0 fully saturated rings. The lowest BCUT2D eigenvalue weighted by Crippen LogP contribution is -2.24. The van der Waals surface area contributed by atoms with Crippen molar-refractivity contribution in [3.63, 3.8) is 0 Å². The van der Waals surface area contributed by atoms with Gasteiger partial charge in [0.2, 0.25) is 11.8 Å². The number of aromatic nitrogens is 1. The first kappa shape index (κ1) is 22.2. The highest BCUT2D eigenvalue weighted by molar-refractivity contribution is 7.14. The van der Waals surface area contributed by atoms with Crippen LogP contribution in [0.4, 0.5) is 15.2 Å². The van der Waals surface area contributed by atoms with Gasteiger partial charge in [-0.15, -0.1) is 11.3 Å². The third kappa shape index (κ3) is 5.55. The molecule has 0 radical (unpaired) electrons. The maximum Gasteiger partial charge on any atom is 0.246 e. The van der Waals surface area contributed by atoms with Crippen LogP contribution in [0.5, 0.6) is 5.75 Å². The summed E-state index contributed by atoms with van der Waals surface area (Å²) in [6, 6.07) is 13.5. The fourth-order valence-corrected chi connectivity index (χ4v) is 3.75. The minimum atomic E-state index is -0.515. The van der Waals surface area contributed by atoms with Gasteiger partial charge in [0.25, 0.3) is 0 Å². The summed E-state index contributed by atoms with van der Waals surface area (Å²) in [5.41, 5.74) is 1.58. The van der Waals surface area contributed by atoms with Crippen molar-refractivity contribution >= 4 is 40.0 Å². The average molecular weight is 440 g/mol. The van der Waals surface area contributed by atoms with Gasteiger partial charge in [-0.1, -0.05) is 24.3 Å². The topological polar surface area (TPSA) is 62.7 Å². The molecular formula is C23H22FN3O3S. The highest BCUT2D eigenvalue weighted by atomic mass is 32.1. The predicted octanol–water partition coefficient (Wildman–Crippen LogP) is 4.65. The van der Waals surface area contributed by atoms with Gasteiger partial charge < -0.3 is 9.64 Å². The van der Waals surface area contributed by atoms with E-state index in [9.17, 15) is 14.0 Å². The molecule has 0 N–H and O–H groups in total. The van der Waals surface area contributed by atoms with E-state index in [0.717, 1.165) is 11.3 Å². The molecule has 0 saturated heterocycles.